The molecule has 212 valence electrons. The van der Waals surface area contributed by atoms with Crippen LogP contribution in [0.5, 0.6) is 11.5 Å². The Kier molecular flexibility index (Phi) is 7.84. The van der Waals surface area contributed by atoms with Gasteiger partial charge in [0.05, 0.1) is 19.8 Å². The number of aromatic nitrogens is 1. The molecule has 0 spiro atoms. The van der Waals surface area contributed by atoms with Gasteiger partial charge in [-0.05, 0) is 51.3 Å². The number of methoxy groups -OCH3 is 1. The standard InChI is InChI=1S/C30H37F4N3O2/c1-18-9-23-22-6-5-20(38-4)12-27(22)35-29(23)28(37(18)17-30(2,3)34)13-24-25(32)10-21(11-26(24)33)39-8-7-36-15-19(14-31)16-36/h5-6,10-12,18-19,28,35H,7-9,13-17H2,1-4H3. The number of H-pyrrole nitrogens is 1. The monoisotopic (exact) mass is 547 g/mol. The first kappa shape index (κ1) is 27.8. The van der Waals surface area contributed by atoms with Crippen LogP contribution in [0, 0.1) is 17.6 Å². The van der Waals surface area contributed by atoms with Crippen LogP contribution in [0.3, 0.4) is 0 Å². The number of halogens is 4. The average molecular weight is 548 g/mol. The van der Waals surface area contributed by atoms with Gasteiger partial charge in [-0.25, -0.2) is 13.2 Å². The lowest BCUT2D eigenvalue weighted by molar-refractivity contribution is 0.0521. The van der Waals surface area contributed by atoms with Crippen molar-refractivity contribution in [1.82, 2.24) is 14.8 Å². The number of rotatable bonds is 10. The number of hydrogen-bond donors (Lipinski definition) is 1. The molecule has 5 nitrogen and oxygen atoms in total. The van der Waals surface area contributed by atoms with E-state index in [9.17, 15) is 8.78 Å². The highest BCUT2D eigenvalue weighted by Crippen LogP contribution is 2.41. The van der Waals surface area contributed by atoms with Crippen molar-refractivity contribution < 1.29 is 27.0 Å². The quantitative estimate of drug-likeness (QED) is 0.316. The molecule has 2 aromatic carbocycles. The van der Waals surface area contributed by atoms with Gasteiger partial charge in [-0.2, -0.15) is 0 Å². The molecule has 0 bridgehead atoms. The van der Waals surface area contributed by atoms with Crippen molar-refractivity contribution >= 4 is 10.9 Å². The fourth-order valence-electron chi connectivity index (χ4n) is 5.99. The van der Waals surface area contributed by atoms with Crippen LogP contribution in [0.1, 0.15) is 43.6 Å². The lowest BCUT2D eigenvalue weighted by Gasteiger charge is -2.43. The Morgan fingerprint density at radius 1 is 1.08 bits per heavy atom. The molecular weight excluding hydrogens is 510 g/mol. The smallest absolute Gasteiger partial charge is 0.133 e. The maximum Gasteiger partial charge on any atom is 0.133 e. The number of aromatic amines is 1. The van der Waals surface area contributed by atoms with Crippen molar-refractivity contribution in [2.75, 3.05) is 46.6 Å². The Hall–Kier alpha value is -2.78. The normalized spacial score (nSPS) is 20.7. The first-order valence-electron chi connectivity index (χ1n) is 13.6. The van der Waals surface area contributed by atoms with Crippen LogP contribution in [0.2, 0.25) is 0 Å². The molecule has 5 rings (SSSR count). The van der Waals surface area contributed by atoms with Crippen LogP contribution in [0.25, 0.3) is 10.9 Å². The summed E-state index contributed by atoms with van der Waals surface area (Å²) in [4.78, 5) is 7.52. The minimum absolute atomic E-state index is 0.0354. The molecular formula is C30H37F4N3O2. The highest BCUT2D eigenvalue weighted by molar-refractivity contribution is 5.86. The number of hydrogen-bond acceptors (Lipinski definition) is 4. The van der Waals surface area contributed by atoms with Gasteiger partial charge in [0, 0.05) is 78.5 Å². The third-order valence-electron chi connectivity index (χ3n) is 7.94. The van der Waals surface area contributed by atoms with Gasteiger partial charge >= 0.3 is 0 Å². The summed E-state index contributed by atoms with van der Waals surface area (Å²) in [7, 11) is 1.60. The molecule has 1 fully saturated rings. The van der Waals surface area contributed by atoms with Crippen molar-refractivity contribution in [1.29, 1.82) is 0 Å². The molecule has 9 heteroatoms. The summed E-state index contributed by atoms with van der Waals surface area (Å²) in [5.74, 6) is -0.485. The van der Waals surface area contributed by atoms with Crippen molar-refractivity contribution in [2.45, 2.75) is 51.4 Å². The molecule has 0 saturated carbocycles. The zero-order chi connectivity index (χ0) is 27.9. The molecule has 3 aromatic rings. The summed E-state index contributed by atoms with van der Waals surface area (Å²) in [5, 5.41) is 1.03. The van der Waals surface area contributed by atoms with E-state index >= 15 is 8.78 Å². The van der Waals surface area contributed by atoms with Crippen LogP contribution < -0.4 is 9.47 Å². The van der Waals surface area contributed by atoms with E-state index in [2.05, 4.69) is 4.98 Å². The van der Waals surface area contributed by atoms with Gasteiger partial charge in [-0.1, -0.05) is 0 Å². The molecule has 39 heavy (non-hydrogen) atoms. The summed E-state index contributed by atoms with van der Waals surface area (Å²) >= 11 is 0. The van der Waals surface area contributed by atoms with E-state index in [0.717, 1.165) is 22.2 Å². The van der Waals surface area contributed by atoms with E-state index in [1.54, 1.807) is 7.11 Å². The van der Waals surface area contributed by atoms with Crippen LogP contribution in [0.15, 0.2) is 30.3 Å². The molecule has 0 radical (unpaired) electrons. The van der Waals surface area contributed by atoms with E-state index < -0.39 is 23.3 Å². The molecule has 2 aliphatic rings. The highest BCUT2D eigenvalue weighted by atomic mass is 19.1. The SMILES string of the molecule is COc1ccc2c3c([nH]c2c1)C(Cc1c(F)cc(OCCN2CC(CF)C2)cc1F)N(CC(C)(C)F)C(C)C3. The number of nitrogens with zero attached hydrogens (tertiary/aromatic N) is 2. The first-order valence-corrected chi connectivity index (χ1v) is 13.6. The largest absolute Gasteiger partial charge is 0.497 e. The summed E-state index contributed by atoms with van der Waals surface area (Å²) in [6.07, 6.45) is 0.725. The number of ether oxygens (including phenoxy) is 2. The van der Waals surface area contributed by atoms with Gasteiger partial charge in [0.2, 0.25) is 0 Å². The van der Waals surface area contributed by atoms with Crippen molar-refractivity contribution in [3.63, 3.8) is 0 Å². The minimum Gasteiger partial charge on any atom is -0.497 e. The van der Waals surface area contributed by atoms with Crippen LogP contribution in [-0.4, -0.2) is 73.1 Å². The fourth-order valence-corrected chi connectivity index (χ4v) is 5.99. The van der Waals surface area contributed by atoms with E-state index in [4.69, 9.17) is 9.47 Å². The lowest BCUT2D eigenvalue weighted by atomic mass is 9.88. The molecule has 2 atom stereocenters. The van der Waals surface area contributed by atoms with Gasteiger partial charge in [0.15, 0.2) is 0 Å². The molecule has 1 N–H and O–H groups in total. The van der Waals surface area contributed by atoms with Crippen LogP contribution in [-0.2, 0) is 12.8 Å². The molecule has 1 aromatic heterocycles. The second-order valence-corrected chi connectivity index (χ2v) is 11.6. The first-order chi connectivity index (χ1) is 18.6. The third kappa shape index (κ3) is 5.89. The van der Waals surface area contributed by atoms with E-state index in [0.29, 0.717) is 31.8 Å². The second kappa shape index (κ2) is 11.0. The average Bonchev–Trinajstić information content (AvgIpc) is 3.20. The number of alkyl halides is 2. The Morgan fingerprint density at radius 3 is 2.44 bits per heavy atom. The van der Waals surface area contributed by atoms with Gasteiger partial charge in [0.25, 0.3) is 0 Å². The van der Waals surface area contributed by atoms with Gasteiger partial charge in [-0.3, -0.25) is 14.2 Å². The number of likely N-dealkylation sites (tertiary alicyclic amines) is 1. The van der Waals surface area contributed by atoms with E-state index in [1.807, 2.05) is 34.9 Å². The van der Waals surface area contributed by atoms with E-state index in [1.165, 1.54) is 26.0 Å². The molecule has 0 aliphatic carbocycles. The van der Waals surface area contributed by atoms with Gasteiger partial charge in [0.1, 0.15) is 35.4 Å². The zero-order valence-corrected chi connectivity index (χ0v) is 23.0. The molecule has 2 unspecified atom stereocenters. The summed E-state index contributed by atoms with van der Waals surface area (Å²) in [5.41, 5.74) is 1.26. The molecule has 3 heterocycles. The Balaban J connectivity index is 1.41. The second-order valence-electron chi connectivity index (χ2n) is 11.6. The van der Waals surface area contributed by atoms with Crippen LogP contribution in [0.4, 0.5) is 17.6 Å². The zero-order valence-electron chi connectivity index (χ0n) is 23.0. The van der Waals surface area contributed by atoms with Crippen molar-refractivity contribution in [3.05, 3.63) is 58.8 Å². The minimum atomic E-state index is -1.49. The predicted octanol–water partition coefficient (Wildman–Crippen LogP) is 6.01. The fraction of sp³-hybridized carbons (Fsp3) is 0.533. The molecule has 0 amide bonds. The van der Waals surface area contributed by atoms with Crippen LogP contribution >= 0.6 is 0 Å². The third-order valence-corrected chi connectivity index (χ3v) is 7.94. The summed E-state index contributed by atoms with van der Waals surface area (Å²) in [6.45, 7) is 7.06. The van der Waals surface area contributed by atoms with Crippen molar-refractivity contribution in [3.8, 4) is 11.5 Å². The Bertz CT molecular complexity index is 1290. The Morgan fingerprint density at radius 2 is 1.79 bits per heavy atom. The van der Waals surface area contributed by atoms with Gasteiger partial charge in [-0.15, -0.1) is 0 Å². The number of benzene rings is 2. The maximum atomic E-state index is 15.4. The van der Waals surface area contributed by atoms with Crippen molar-refractivity contribution in [2.24, 2.45) is 5.92 Å². The summed E-state index contributed by atoms with van der Waals surface area (Å²) in [6, 6.07) is 7.73. The highest BCUT2D eigenvalue weighted by Gasteiger charge is 2.38. The number of nitrogens with one attached hydrogen (secondary N) is 1. The van der Waals surface area contributed by atoms with E-state index in [-0.39, 0.29) is 49.5 Å². The summed E-state index contributed by atoms with van der Waals surface area (Å²) < 4.78 is 69.3. The molecule has 1 saturated heterocycles. The number of fused-ring (bicyclic) bond motifs is 3. The molecule has 2 aliphatic heterocycles. The lowest BCUT2D eigenvalue weighted by Crippen LogP contribution is -2.49. The maximum absolute atomic E-state index is 15.4. The topological polar surface area (TPSA) is 40.7 Å². The Labute approximate surface area is 227 Å². The van der Waals surface area contributed by atoms with Gasteiger partial charge < -0.3 is 14.5 Å². The predicted molar refractivity (Wildman–Crippen MR) is 144 cm³/mol.